The fourth-order valence-electron chi connectivity index (χ4n) is 0.926. The largest absolute Gasteiger partial charge is 0.398 e. The van der Waals surface area contributed by atoms with E-state index in [1.807, 2.05) is 6.07 Å². The molecular formula is C9H9ClN2. The Labute approximate surface area is 76.6 Å². The van der Waals surface area contributed by atoms with Gasteiger partial charge in [0.15, 0.2) is 0 Å². The Hall–Kier alpha value is -1.20. The SMILES string of the molecule is N#CCCc1ccc(N)c(Cl)c1. The molecule has 1 rings (SSSR count). The lowest BCUT2D eigenvalue weighted by Gasteiger charge is -2.00. The minimum Gasteiger partial charge on any atom is -0.398 e. The third-order valence-electron chi connectivity index (χ3n) is 1.59. The molecule has 0 radical (unpaired) electrons. The van der Waals surface area contributed by atoms with Gasteiger partial charge >= 0.3 is 0 Å². The molecule has 2 nitrogen and oxygen atoms in total. The molecule has 62 valence electrons. The number of rotatable bonds is 2. The molecule has 0 heterocycles. The fourth-order valence-corrected chi connectivity index (χ4v) is 1.13. The van der Waals surface area contributed by atoms with E-state index < -0.39 is 0 Å². The van der Waals surface area contributed by atoms with E-state index in [0.717, 1.165) is 12.0 Å². The number of anilines is 1. The van der Waals surface area contributed by atoms with Crippen LogP contribution in [-0.4, -0.2) is 0 Å². The van der Waals surface area contributed by atoms with Gasteiger partial charge in [-0.25, -0.2) is 0 Å². The maximum atomic E-state index is 8.34. The summed E-state index contributed by atoms with van der Waals surface area (Å²) in [6.45, 7) is 0. The molecule has 0 unspecified atom stereocenters. The zero-order valence-electron chi connectivity index (χ0n) is 6.55. The van der Waals surface area contributed by atoms with Crippen molar-refractivity contribution in [1.82, 2.24) is 0 Å². The maximum absolute atomic E-state index is 8.34. The highest BCUT2D eigenvalue weighted by Gasteiger charge is 1.97. The van der Waals surface area contributed by atoms with Crippen LogP contribution in [0.5, 0.6) is 0 Å². The van der Waals surface area contributed by atoms with Crippen LogP contribution in [0.3, 0.4) is 0 Å². The van der Waals surface area contributed by atoms with Gasteiger partial charge in [-0.05, 0) is 24.1 Å². The van der Waals surface area contributed by atoms with E-state index in [9.17, 15) is 0 Å². The fraction of sp³-hybridized carbons (Fsp3) is 0.222. The Morgan fingerprint density at radius 1 is 1.50 bits per heavy atom. The number of hydrogen-bond acceptors (Lipinski definition) is 2. The summed E-state index contributed by atoms with van der Waals surface area (Å²) in [4.78, 5) is 0. The summed E-state index contributed by atoms with van der Waals surface area (Å²) in [7, 11) is 0. The Balaban J connectivity index is 2.77. The highest BCUT2D eigenvalue weighted by Crippen LogP contribution is 2.20. The molecule has 0 aliphatic heterocycles. The highest BCUT2D eigenvalue weighted by molar-refractivity contribution is 6.33. The number of nitriles is 1. The van der Waals surface area contributed by atoms with Crippen molar-refractivity contribution in [2.75, 3.05) is 5.73 Å². The van der Waals surface area contributed by atoms with Gasteiger partial charge in [-0.1, -0.05) is 17.7 Å². The third-order valence-corrected chi connectivity index (χ3v) is 1.92. The van der Waals surface area contributed by atoms with Crippen molar-refractivity contribution in [3.63, 3.8) is 0 Å². The lowest BCUT2D eigenvalue weighted by Crippen LogP contribution is -1.89. The molecule has 0 saturated carbocycles. The standard InChI is InChI=1S/C9H9ClN2/c10-8-6-7(2-1-5-11)3-4-9(8)12/h3-4,6H,1-2,12H2. The Morgan fingerprint density at radius 3 is 2.83 bits per heavy atom. The lowest BCUT2D eigenvalue weighted by atomic mass is 10.1. The molecule has 0 aliphatic rings. The van der Waals surface area contributed by atoms with Gasteiger partial charge in [0.25, 0.3) is 0 Å². The van der Waals surface area contributed by atoms with Crippen molar-refractivity contribution in [3.8, 4) is 6.07 Å². The average Bonchev–Trinajstić information content (AvgIpc) is 2.07. The quantitative estimate of drug-likeness (QED) is 0.711. The van der Waals surface area contributed by atoms with E-state index in [0.29, 0.717) is 17.1 Å². The Morgan fingerprint density at radius 2 is 2.25 bits per heavy atom. The molecular weight excluding hydrogens is 172 g/mol. The first kappa shape index (κ1) is 8.89. The number of aryl methyl sites for hydroxylation is 1. The molecule has 1 aromatic carbocycles. The van der Waals surface area contributed by atoms with Gasteiger partial charge in [-0.2, -0.15) is 5.26 Å². The summed E-state index contributed by atoms with van der Waals surface area (Å²) < 4.78 is 0. The molecule has 0 fully saturated rings. The summed E-state index contributed by atoms with van der Waals surface area (Å²) in [5.41, 5.74) is 7.15. The first-order chi connectivity index (χ1) is 5.74. The van der Waals surface area contributed by atoms with Crippen molar-refractivity contribution in [3.05, 3.63) is 28.8 Å². The molecule has 0 atom stereocenters. The number of hydrogen-bond donors (Lipinski definition) is 1. The van der Waals surface area contributed by atoms with Crippen molar-refractivity contribution in [2.45, 2.75) is 12.8 Å². The molecule has 0 saturated heterocycles. The molecule has 1 aromatic rings. The summed E-state index contributed by atoms with van der Waals surface area (Å²) in [6.07, 6.45) is 1.25. The van der Waals surface area contributed by atoms with E-state index in [-0.39, 0.29) is 0 Å². The summed E-state index contributed by atoms with van der Waals surface area (Å²) in [5.74, 6) is 0. The third kappa shape index (κ3) is 2.14. The van der Waals surface area contributed by atoms with Crippen LogP contribution in [0.15, 0.2) is 18.2 Å². The first-order valence-corrected chi connectivity index (χ1v) is 4.02. The Bertz CT molecular complexity index is 315. The average molecular weight is 181 g/mol. The number of nitrogen functional groups attached to an aromatic ring is 1. The number of halogens is 1. The molecule has 3 heteroatoms. The number of benzene rings is 1. The molecule has 0 bridgehead atoms. The van der Waals surface area contributed by atoms with Crippen molar-refractivity contribution in [1.29, 1.82) is 5.26 Å². The number of nitrogens with zero attached hydrogens (tertiary/aromatic N) is 1. The number of nitrogens with two attached hydrogens (primary N) is 1. The molecule has 0 amide bonds. The molecule has 12 heavy (non-hydrogen) atoms. The van der Waals surface area contributed by atoms with Gasteiger partial charge < -0.3 is 5.73 Å². The van der Waals surface area contributed by atoms with Crippen LogP contribution in [-0.2, 0) is 6.42 Å². The van der Waals surface area contributed by atoms with Crippen LogP contribution in [0.4, 0.5) is 5.69 Å². The van der Waals surface area contributed by atoms with Gasteiger partial charge in [-0.3, -0.25) is 0 Å². The molecule has 0 spiro atoms. The zero-order valence-corrected chi connectivity index (χ0v) is 7.30. The monoisotopic (exact) mass is 180 g/mol. The van der Waals surface area contributed by atoms with Crippen LogP contribution in [0.1, 0.15) is 12.0 Å². The van der Waals surface area contributed by atoms with Crippen LogP contribution in [0.2, 0.25) is 5.02 Å². The second-order valence-corrected chi connectivity index (χ2v) is 2.92. The van der Waals surface area contributed by atoms with E-state index >= 15 is 0 Å². The van der Waals surface area contributed by atoms with Crippen LogP contribution >= 0.6 is 11.6 Å². The van der Waals surface area contributed by atoms with Crippen molar-refractivity contribution < 1.29 is 0 Å². The van der Waals surface area contributed by atoms with Crippen LogP contribution in [0.25, 0.3) is 0 Å². The molecule has 0 aromatic heterocycles. The predicted octanol–water partition coefficient (Wildman–Crippen LogP) is 2.38. The topological polar surface area (TPSA) is 49.8 Å². The second kappa shape index (κ2) is 3.99. The highest BCUT2D eigenvalue weighted by atomic mass is 35.5. The van der Waals surface area contributed by atoms with Gasteiger partial charge in [0.1, 0.15) is 0 Å². The Kier molecular flexibility index (Phi) is 2.95. The zero-order chi connectivity index (χ0) is 8.97. The van der Waals surface area contributed by atoms with Gasteiger partial charge in [0.05, 0.1) is 16.8 Å². The van der Waals surface area contributed by atoms with Crippen LogP contribution < -0.4 is 5.73 Å². The minimum absolute atomic E-state index is 0.514. The summed E-state index contributed by atoms with van der Waals surface area (Å²) in [5, 5.41) is 8.90. The van der Waals surface area contributed by atoms with Gasteiger partial charge in [0, 0.05) is 6.42 Å². The lowest BCUT2D eigenvalue weighted by molar-refractivity contribution is 1.01. The van der Waals surface area contributed by atoms with E-state index in [2.05, 4.69) is 6.07 Å². The minimum atomic E-state index is 0.514. The smallest absolute Gasteiger partial charge is 0.0638 e. The molecule has 0 aliphatic carbocycles. The van der Waals surface area contributed by atoms with Crippen molar-refractivity contribution in [2.24, 2.45) is 0 Å². The second-order valence-electron chi connectivity index (χ2n) is 2.51. The van der Waals surface area contributed by atoms with Crippen LogP contribution in [0, 0.1) is 11.3 Å². The van der Waals surface area contributed by atoms with Gasteiger partial charge in [-0.15, -0.1) is 0 Å². The van der Waals surface area contributed by atoms with E-state index in [1.54, 1.807) is 12.1 Å². The predicted molar refractivity (Wildman–Crippen MR) is 49.8 cm³/mol. The van der Waals surface area contributed by atoms with E-state index in [4.69, 9.17) is 22.6 Å². The summed E-state index contributed by atoms with van der Waals surface area (Å²) in [6, 6.07) is 7.52. The van der Waals surface area contributed by atoms with E-state index in [1.165, 1.54) is 0 Å². The maximum Gasteiger partial charge on any atom is 0.0638 e. The summed E-state index contributed by atoms with van der Waals surface area (Å²) >= 11 is 5.78. The molecule has 2 N–H and O–H groups in total. The normalized spacial score (nSPS) is 9.33. The first-order valence-electron chi connectivity index (χ1n) is 3.65. The van der Waals surface area contributed by atoms with Gasteiger partial charge in [0.2, 0.25) is 0 Å². The van der Waals surface area contributed by atoms with Crippen molar-refractivity contribution >= 4 is 17.3 Å².